The molecule has 0 radical (unpaired) electrons. The third-order valence-electron chi connectivity index (χ3n) is 5.96. The average molecular weight is 518 g/mol. The van der Waals surface area contributed by atoms with Crippen molar-refractivity contribution in [3.8, 4) is 17.2 Å². The molecule has 0 aromatic heterocycles. The van der Waals surface area contributed by atoms with Gasteiger partial charge in [-0.25, -0.2) is 9.59 Å². The summed E-state index contributed by atoms with van der Waals surface area (Å²) in [6, 6.07) is 18.1. The molecule has 200 valence electrons. The van der Waals surface area contributed by atoms with E-state index in [0.717, 1.165) is 12.8 Å². The van der Waals surface area contributed by atoms with Gasteiger partial charge in [-0.3, -0.25) is 0 Å². The van der Waals surface area contributed by atoms with Crippen molar-refractivity contribution in [3.05, 3.63) is 89.5 Å². The summed E-state index contributed by atoms with van der Waals surface area (Å²) in [5, 5.41) is 10.8. The Kier molecular flexibility index (Phi) is 11.4. The molecule has 3 aromatic rings. The highest BCUT2D eigenvalue weighted by Crippen LogP contribution is 2.19. The van der Waals surface area contributed by atoms with E-state index in [2.05, 4.69) is 6.92 Å². The Morgan fingerprint density at radius 1 is 0.553 bits per heavy atom. The Hall–Kier alpha value is -4.13. The van der Waals surface area contributed by atoms with Gasteiger partial charge < -0.3 is 24.1 Å². The fourth-order valence-electron chi connectivity index (χ4n) is 3.76. The van der Waals surface area contributed by atoms with E-state index in [4.69, 9.17) is 14.2 Å². The van der Waals surface area contributed by atoms with Crippen molar-refractivity contribution in [2.24, 2.45) is 0 Å². The predicted octanol–water partition coefficient (Wildman–Crippen LogP) is 6.01. The molecule has 0 saturated heterocycles. The van der Waals surface area contributed by atoms with E-state index in [1.165, 1.54) is 87.1 Å². The van der Waals surface area contributed by atoms with Gasteiger partial charge in [0.2, 0.25) is 0 Å². The molecule has 7 heteroatoms. The summed E-state index contributed by atoms with van der Waals surface area (Å²) in [4.78, 5) is 35.6. The first-order chi connectivity index (χ1) is 18.5. The number of unbranched alkanes of at least 4 members (excludes halogenated alkanes) is 7. The minimum absolute atomic E-state index is 0.0167. The zero-order chi connectivity index (χ0) is 27.2. The standard InChI is InChI=1S/C31H34O7/c1-2-3-4-5-6-7-8-9-22-36-26-16-12-24(13-17-26)30(34)38-28-20-14-25(15-21-28)31(35)37-27-18-10-23(11-19-27)29(32)33/h10-21H,2-9,22H2,1H3,(H,32,33)/p-1. The van der Waals surface area contributed by atoms with Crippen molar-refractivity contribution in [3.63, 3.8) is 0 Å². The molecule has 0 bridgehead atoms. The number of carbonyl (C=O) groups is 3. The lowest BCUT2D eigenvalue weighted by Crippen LogP contribution is -2.22. The number of ether oxygens (including phenoxy) is 3. The fraction of sp³-hybridized carbons (Fsp3) is 0.323. The first-order valence-corrected chi connectivity index (χ1v) is 13.0. The molecule has 3 rings (SSSR count). The van der Waals surface area contributed by atoms with Crippen molar-refractivity contribution >= 4 is 17.9 Å². The average Bonchev–Trinajstić information content (AvgIpc) is 2.93. The van der Waals surface area contributed by atoms with Gasteiger partial charge in [-0.2, -0.15) is 0 Å². The normalized spacial score (nSPS) is 10.6. The van der Waals surface area contributed by atoms with Crippen LogP contribution in [0.2, 0.25) is 0 Å². The van der Waals surface area contributed by atoms with Crippen LogP contribution in [-0.4, -0.2) is 24.5 Å². The quantitative estimate of drug-likeness (QED) is 0.138. The lowest BCUT2D eigenvalue weighted by atomic mass is 10.1. The topological polar surface area (TPSA) is 102 Å². The third-order valence-corrected chi connectivity index (χ3v) is 5.96. The number of carboxylic acid groups (broad SMARTS) is 1. The lowest BCUT2D eigenvalue weighted by Gasteiger charge is -2.09. The van der Waals surface area contributed by atoms with Gasteiger partial charge in [0.05, 0.1) is 23.7 Å². The molecule has 3 aromatic carbocycles. The molecule has 7 nitrogen and oxygen atoms in total. The molecule has 0 atom stereocenters. The van der Waals surface area contributed by atoms with Crippen LogP contribution >= 0.6 is 0 Å². The van der Waals surface area contributed by atoms with Crippen molar-refractivity contribution in [1.29, 1.82) is 0 Å². The molecule has 38 heavy (non-hydrogen) atoms. The molecule has 0 fully saturated rings. The number of rotatable bonds is 15. The smallest absolute Gasteiger partial charge is 0.343 e. The second-order valence-corrected chi connectivity index (χ2v) is 8.96. The minimum Gasteiger partial charge on any atom is -0.545 e. The second-order valence-electron chi connectivity index (χ2n) is 8.96. The SMILES string of the molecule is CCCCCCCCCCOc1ccc(C(=O)Oc2ccc(C(=O)Oc3ccc(C(=O)[O-])cc3)cc2)cc1. The number of hydrogen-bond acceptors (Lipinski definition) is 7. The summed E-state index contributed by atoms with van der Waals surface area (Å²) in [5.74, 6) is -1.29. The second kappa shape index (κ2) is 15.2. The van der Waals surface area contributed by atoms with Crippen LogP contribution in [0.1, 0.15) is 89.4 Å². The minimum atomic E-state index is -1.31. The zero-order valence-electron chi connectivity index (χ0n) is 21.6. The monoisotopic (exact) mass is 517 g/mol. The van der Waals surface area contributed by atoms with Gasteiger partial charge in [0.1, 0.15) is 17.2 Å². The van der Waals surface area contributed by atoms with Gasteiger partial charge in [-0.15, -0.1) is 0 Å². The Bertz CT molecular complexity index is 1170. The van der Waals surface area contributed by atoms with Crippen LogP contribution in [-0.2, 0) is 0 Å². The van der Waals surface area contributed by atoms with E-state index in [1.807, 2.05) is 0 Å². The van der Waals surface area contributed by atoms with Crippen molar-refractivity contribution in [1.82, 2.24) is 0 Å². The molecular formula is C31H33O7-. The van der Waals surface area contributed by atoms with Crippen LogP contribution < -0.4 is 19.3 Å². The molecule has 0 aliphatic rings. The highest BCUT2D eigenvalue weighted by atomic mass is 16.5. The van der Waals surface area contributed by atoms with E-state index in [-0.39, 0.29) is 22.6 Å². The Balaban J connectivity index is 1.40. The maximum atomic E-state index is 12.5. The van der Waals surface area contributed by atoms with Crippen LogP contribution in [0.3, 0.4) is 0 Å². The number of hydrogen-bond donors (Lipinski definition) is 0. The summed E-state index contributed by atoms with van der Waals surface area (Å²) in [5.41, 5.74) is 0.608. The Morgan fingerprint density at radius 3 is 1.39 bits per heavy atom. The third kappa shape index (κ3) is 9.39. The number of aromatic carboxylic acids is 1. The Labute approximate surface area is 223 Å². The van der Waals surface area contributed by atoms with E-state index >= 15 is 0 Å². The van der Waals surface area contributed by atoms with Crippen molar-refractivity contribution in [2.45, 2.75) is 58.3 Å². The highest BCUT2D eigenvalue weighted by molar-refractivity contribution is 5.93. The molecule has 0 aliphatic heterocycles. The number of carboxylic acids is 1. The summed E-state index contributed by atoms with van der Waals surface area (Å²) in [6.45, 7) is 2.88. The van der Waals surface area contributed by atoms with E-state index < -0.39 is 17.9 Å². The fourth-order valence-corrected chi connectivity index (χ4v) is 3.76. The summed E-state index contributed by atoms with van der Waals surface area (Å²) >= 11 is 0. The molecule has 0 heterocycles. The maximum Gasteiger partial charge on any atom is 0.343 e. The highest BCUT2D eigenvalue weighted by Gasteiger charge is 2.12. The summed E-state index contributed by atoms with van der Waals surface area (Å²) in [6.07, 6.45) is 9.92. The number of esters is 2. The van der Waals surface area contributed by atoms with E-state index in [1.54, 1.807) is 24.3 Å². The molecule has 0 saturated carbocycles. The van der Waals surface area contributed by atoms with E-state index in [0.29, 0.717) is 17.9 Å². The van der Waals surface area contributed by atoms with Crippen LogP contribution in [0.4, 0.5) is 0 Å². The van der Waals surface area contributed by atoms with Gasteiger partial charge in [-0.05, 0) is 84.8 Å². The van der Waals surface area contributed by atoms with Gasteiger partial charge in [0, 0.05) is 0 Å². The number of benzene rings is 3. The van der Waals surface area contributed by atoms with Gasteiger partial charge in [0.15, 0.2) is 0 Å². The van der Waals surface area contributed by atoms with Gasteiger partial charge >= 0.3 is 11.9 Å². The zero-order valence-corrected chi connectivity index (χ0v) is 21.6. The molecule has 0 N–H and O–H groups in total. The molecule has 0 unspecified atom stereocenters. The summed E-state index contributed by atoms with van der Waals surface area (Å²) < 4.78 is 16.4. The van der Waals surface area contributed by atoms with Crippen molar-refractivity contribution < 1.29 is 33.7 Å². The maximum absolute atomic E-state index is 12.5. The van der Waals surface area contributed by atoms with E-state index in [9.17, 15) is 19.5 Å². The van der Waals surface area contributed by atoms with Crippen molar-refractivity contribution in [2.75, 3.05) is 6.61 Å². The molecule has 0 amide bonds. The predicted molar refractivity (Wildman–Crippen MR) is 142 cm³/mol. The Morgan fingerprint density at radius 2 is 0.947 bits per heavy atom. The largest absolute Gasteiger partial charge is 0.545 e. The van der Waals surface area contributed by atoms with Crippen LogP contribution in [0.5, 0.6) is 17.2 Å². The van der Waals surface area contributed by atoms with Gasteiger partial charge in [-0.1, -0.05) is 51.9 Å². The first kappa shape index (κ1) is 28.4. The lowest BCUT2D eigenvalue weighted by molar-refractivity contribution is -0.255. The number of carbonyl (C=O) groups excluding carboxylic acids is 3. The summed E-state index contributed by atoms with van der Waals surface area (Å²) in [7, 11) is 0. The molecule has 0 aliphatic carbocycles. The molecular weight excluding hydrogens is 484 g/mol. The van der Waals surface area contributed by atoms with Crippen LogP contribution in [0.15, 0.2) is 72.8 Å². The van der Waals surface area contributed by atoms with Gasteiger partial charge in [0.25, 0.3) is 0 Å². The first-order valence-electron chi connectivity index (χ1n) is 13.0. The molecule has 0 spiro atoms. The van der Waals surface area contributed by atoms with Crippen LogP contribution in [0, 0.1) is 0 Å². The van der Waals surface area contributed by atoms with Crippen LogP contribution in [0.25, 0.3) is 0 Å².